The third-order valence-electron chi connectivity index (χ3n) is 4.44. The first-order valence-electron chi connectivity index (χ1n) is 9.36. The monoisotopic (exact) mass is 451 g/mol. The van der Waals surface area contributed by atoms with E-state index in [0.29, 0.717) is 24.5 Å². The number of amides is 2. The molecule has 2 aromatic carbocycles. The number of nitrogens with one attached hydrogen (secondary N) is 2. The lowest BCUT2D eigenvalue weighted by atomic mass is 10.2. The number of sulfonamides is 1. The van der Waals surface area contributed by atoms with Crippen LogP contribution in [0, 0.1) is 0 Å². The molecule has 0 aliphatic carbocycles. The molecule has 1 fully saturated rings. The second kappa shape index (κ2) is 9.46. The van der Waals surface area contributed by atoms with Crippen LogP contribution in [0.1, 0.15) is 19.8 Å². The maximum atomic E-state index is 12.9. The predicted octanol–water partition coefficient (Wildman–Crippen LogP) is 3.10. The van der Waals surface area contributed by atoms with Crippen LogP contribution < -0.4 is 15.4 Å². The zero-order chi connectivity index (χ0) is 21.7. The molecule has 1 aliphatic rings. The molecule has 2 N–H and O–H groups in total. The standard InChI is InChI=1S/C20H22ClN3O5S/c1-14(25)22-16-5-7-17(8-6-16)23-20(26)13-29-18-9-4-15(21)12-19(18)30(27,28)24-10-2-3-11-24/h4-9,12H,2-3,10-11,13H2,1H3,(H,22,25)(H,23,26). The molecule has 0 atom stereocenters. The van der Waals surface area contributed by atoms with Crippen molar-refractivity contribution in [2.24, 2.45) is 0 Å². The fourth-order valence-electron chi connectivity index (χ4n) is 3.05. The molecule has 0 bridgehead atoms. The topological polar surface area (TPSA) is 105 Å². The van der Waals surface area contributed by atoms with E-state index < -0.39 is 15.9 Å². The van der Waals surface area contributed by atoms with Crippen molar-refractivity contribution in [3.8, 4) is 5.75 Å². The summed E-state index contributed by atoms with van der Waals surface area (Å²) in [6.45, 7) is 1.92. The average Bonchev–Trinajstić information content (AvgIpc) is 3.24. The molecule has 8 nitrogen and oxygen atoms in total. The maximum Gasteiger partial charge on any atom is 0.262 e. The van der Waals surface area contributed by atoms with Gasteiger partial charge in [-0.25, -0.2) is 8.42 Å². The number of anilines is 2. The second-order valence-electron chi connectivity index (χ2n) is 6.80. The summed E-state index contributed by atoms with van der Waals surface area (Å²) in [7, 11) is -3.76. The Hall–Kier alpha value is -2.62. The van der Waals surface area contributed by atoms with Crippen LogP contribution >= 0.6 is 11.6 Å². The number of ether oxygens (including phenoxy) is 1. The van der Waals surface area contributed by atoms with Crippen molar-refractivity contribution in [3.63, 3.8) is 0 Å². The predicted molar refractivity (Wildman–Crippen MR) is 114 cm³/mol. The number of nitrogens with zero attached hydrogens (tertiary/aromatic N) is 1. The molecule has 160 valence electrons. The third-order valence-corrected chi connectivity index (χ3v) is 6.59. The fraction of sp³-hybridized carbons (Fsp3) is 0.300. The van der Waals surface area contributed by atoms with Gasteiger partial charge in [-0.3, -0.25) is 9.59 Å². The Labute approximate surface area is 180 Å². The first-order chi connectivity index (χ1) is 14.3. The van der Waals surface area contributed by atoms with Crippen molar-refractivity contribution in [2.75, 3.05) is 30.3 Å². The lowest BCUT2D eigenvalue weighted by Crippen LogP contribution is -2.28. The minimum Gasteiger partial charge on any atom is -0.482 e. The zero-order valence-corrected chi connectivity index (χ0v) is 17.9. The van der Waals surface area contributed by atoms with Gasteiger partial charge < -0.3 is 15.4 Å². The largest absolute Gasteiger partial charge is 0.482 e. The highest BCUT2D eigenvalue weighted by atomic mass is 35.5. The van der Waals surface area contributed by atoms with Crippen LogP contribution in [0.4, 0.5) is 11.4 Å². The normalized spacial score (nSPS) is 14.3. The van der Waals surface area contributed by atoms with Gasteiger partial charge in [0.15, 0.2) is 6.61 Å². The van der Waals surface area contributed by atoms with Gasteiger partial charge in [0.05, 0.1) is 0 Å². The van der Waals surface area contributed by atoms with Crippen molar-refractivity contribution in [1.82, 2.24) is 4.31 Å². The summed E-state index contributed by atoms with van der Waals surface area (Å²) in [6.07, 6.45) is 1.61. The number of carbonyl (C=O) groups excluding carboxylic acids is 2. The van der Waals surface area contributed by atoms with E-state index in [9.17, 15) is 18.0 Å². The van der Waals surface area contributed by atoms with Crippen LogP contribution in [0.3, 0.4) is 0 Å². The van der Waals surface area contributed by atoms with Gasteiger partial charge in [-0.2, -0.15) is 4.31 Å². The van der Waals surface area contributed by atoms with Crippen molar-refractivity contribution in [2.45, 2.75) is 24.7 Å². The number of benzene rings is 2. The molecular formula is C20H22ClN3O5S. The highest BCUT2D eigenvalue weighted by molar-refractivity contribution is 7.89. The molecule has 0 saturated carbocycles. The van der Waals surface area contributed by atoms with Crippen LogP contribution in [0.2, 0.25) is 5.02 Å². The Morgan fingerprint density at radius 1 is 1.03 bits per heavy atom. The summed E-state index contributed by atoms with van der Waals surface area (Å²) in [6, 6.07) is 10.9. The number of hydrogen-bond donors (Lipinski definition) is 2. The summed E-state index contributed by atoms with van der Waals surface area (Å²) in [5.74, 6) is -0.577. The summed E-state index contributed by atoms with van der Waals surface area (Å²) in [4.78, 5) is 23.2. The van der Waals surface area contributed by atoms with Gasteiger partial charge in [0.2, 0.25) is 15.9 Å². The lowest BCUT2D eigenvalue weighted by molar-refractivity contribution is -0.118. The SMILES string of the molecule is CC(=O)Nc1ccc(NC(=O)COc2ccc(Cl)cc2S(=O)(=O)N2CCCC2)cc1. The molecule has 0 spiro atoms. The van der Waals surface area contributed by atoms with E-state index in [0.717, 1.165) is 12.8 Å². The van der Waals surface area contributed by atoms with Crippen LogP contribution in [0.25, 0.3) is 0 Å². The second-order valence-corrected chi connectivity index (χ2v) is 9.14. The van der Waals surface area contributed by atoms with E-state index in [1.165, 1.54) is 29.4 Å². The molecule has 3 rings (SSSR count). The quantitative estimate of drug-likeness (QED) is 0.673. The van der Waals surface area contributed by atoms with Crippen molar-refractivity contribution in [3.05, 3.63) is 47.5 Å². The van der Waals surface area contributed by atoms with E-state index in [-0.39, 0.29) is 28.2 Å². The molecule has 1 saturated heterocycles. The van der Waals surface area contributed by atoms with E-state index in [1.807, 2.05) is 0 Å². The van der Waals surface area contributed by atoms with E-state index in [4.69, 9.17) is 16.3 Å². The molecular weight excluding hydrogens is 430 g/mol. The van der Waals surface area contributed by atoms with Crippen LogP contribution in [-0.4, -0.2) is 44.2 Å². The summed E-state index contributed by atoms with van der Waals surface area (Å²) in [5.41, 5.74) is 1.12. The summed E-state index contributed by atoms with van der Waals surface area (Å²) < 4.78 is 32.7. The molecule has 0 radical (unpaired) electrons. The molecule has 0 unspecified atom stereocenters. The number of hydrogen-bond acceptors (Lipinski definition) is 5. The van der Waals surface area contributed by atoms with Gasteiger partial charge in [-0.15, -0.1) is 0 Å². The van der Waals surface area contributed by atoms with Crippen molar-refractivity contribution < 1.29 is 22.7 Å². The molecule has 2 aromatic rings. The smallest absolute Gasteiger partial charge is 0.262 e. The van der Waals surface area contributed by atoms with E-state index >= 15 is 0 Å². The molecule has 1 aliphatic heterocycles. The maximum absolute atomic E-state index is 12.9. The average molecular weight is 452 g/mol. The Balaban J connectivity index is 1.67. The molecule has 1 heterocycles. The minimum absolute atomic E-state index is 0.0515. The van der Waals surface area contributed by atoms with Crippen molar-refractivity contribution in [1.29, 1.82) is 0 Å². The first kappa shape index (κ1) is 22.1. The van der Waals surface area contributed by atoms with Crippen LogP contribution in [0.15, 0.2) is 47.4 Å². The minimum atomic E-state index is -3.76. The molecule has 10 heteroatoms. The highest BCUT2D eigenvalue weighted by Crippen LogP contribution is 2.31. The number of carbonyl (C=O) groups is 2. The van der Waals surface area contributed by atoms with Gasteiger partial charge in [0.1, 0.15) is 10.6 Å². The van der Waals surface area contributed by atoms with Crippen LogP contribution in [-0.2, 0) is 19.6 Å². The van der Waals surface area contributed by atoms with Crippen molar-refractivity contribution >= 4 is 44.8 Å². The third kappa shape index (κ3) is 5.50. The van der Waals surface area contributed by atoms with Gasteiger partial charge in [-0.05, 0) is 55.3 Å². The summed E-state index contributed by atoms with van der Waals surface area (Å²) >= 11 is 6.00. The van der Waals surface area contributed by atoms with Crippen LogP contribution in [0.5, 0.6) is 5.75 Å². The molecule has 2 amide bonds. The van der Waals surface area contributed by atoms with E-state index in [1.54, 1.807) is 24.3 Å². The Kier molecular flexibility index (Phi) is 6.96. The van der Waals surface area contributed by atoms with E-state index in [2.05, 4.69) is 10.6 Å². The first-order valence-corrected chi connectivity index (χ1v) is 11.2. The number of rotatable bonds is 7. The Morgan fingerprint density at radius 2 is 1.63 bits per heavy atom. The fourth-order valence-corrected chi connectivity index (χ4v) is 4.96. The lowest BCUT2D eigenvalue weighted by Gasteiger charge is -2.18. The zero-order valence-electron chi connectivity index (χ0n) is 16.4. The molecule has 30 heavy (non-hydrogen) atoms. The molecule has 0 aromatic heterocycles. The van der Waals surface area contributed by atoms with Gasteiger partial charge >= 0.3 is 0 Å². The van der Waals surface area contributed by atoms with Gasteiger partial charge in [-0.1, -0.05) is 11.6 Å². The Morgan fingerprint density at radius 3 is 2.23 bits per heavy atom. The summed E-state index contributed by atoms with van der Waals surface area (Å²) in [5, 5.41) is 5.55. The van der Waals surface area contributed by atoms with Gasteiger partial charge in [0, 0.05) is 36.4 Å². The highest BCUT2D eigenvalue weighted by Gasteiger charge is 2.30. The van der Waals surface area contributed by atoms with Gasteiger partial charge in [0.25, 0.3) is 5.91 Å². The Bertz CT molecular complexity index is 1030. The number of halogens is 1.